The molecule has 0 aliphatic heterocycles. The second-order valence-electron chi connectivity index (χ2n) is 2.44. The fourth-order valence-electron chi connectivity index (χ4n) is 0.773. The van der Waals surface area contributed by atoms with Gasteiger partial charge in [0.25, 0.3) is 0 Å². The molecule has 0 fully saturated rings. The maximum atomic E-state index is 5.55. The third-order valence-corrected chi connectivity index (χ3v) is 1.44. The predicted octanol–water partition coefficient (Wildman–Crippen LogP) is -0.404. The van der Waals surface area contributed by atoms with Crippen molar-refractivity contribution in [2.45, 2.75) is 6.92 Å². The fraction of sp³-hybridized carbons (Fsp3) is 0.429. The number of nitrogen functional groups attached to an aromatic ring is 3. The molecule has 1 rings (SSSR count). The highest BCUT2D eigenvalue weighted by Crippen LogP contribution is 2.23. The maximum Gasteiger partial charge on any atom is 0.246 e. The maximum absolute atomic E-state index is 5.55. The summed E-state index contributed by atoms with van der Waals surface area (Å²) in [5.74, 6) is 0.260. The van der Waals surface area contributed by atoms with Crippen molar-refractivity contribution >= 4 is 17.5 Å². The molecular formula is C7H13N5O2. The van der Waals surface area contributed by atoms with Crippen LogP contribution in [-0.4, -0.2) is 23.4 Å². The van der Waals surface area contributed by atoms with Crippen LogP contribution in [0, 0.1) is 0 Å². The van der Waals surface area contributed by atoms with Crippen molar-refractivity contribution in [1.82, 2.24) is 9.97 Å². The van der Waals surface area contributed by atoms with Crippen LogP contribution in [0.3, 0.4) is 0 Å². The summed E-state index contributed by atoms with van der Waals surface area (Å²) >= 11 is 0. The Morgan fingerprint density at radius 3 is 2.57 bits per heavy atom. The van der Waals surface area contributed by atoms with Gasteiger partial charge in [0, 0.05) is 6.61 Å². The van der Waals surface area contributed by atoms with Crippen molar-refractivity contribution in [3.63, 3.8) is 0 Å². The molecule has 1 aromatic heterocycles. The number of hydrogen-bond donors (Lipinski definition) is 3. The summed E-state index contributed by atoms with van der Waals surface area (Å²) in [6.07, 6.45) is 0. The highest BCUT2D eigenvalue weighted by atomic mass is 16.7. The second kappa shape index (κ2) is 4.47. The first-order valence-corrected chi connectivity index (χ1v) is 4.04. The average molecular weight is 199 g/mol. The SMILES string of the molecule is CCOCOc1nc(N)nc(N)c1N. The van der Waals surface area contributed by atoms with E-state index >= 15 is 0 Å². The summed E-state index contributed by atoms with van der Waals surface area (Å²) in [4.78, 5) is 7.43. The zero-order valence-electron chi connectivity index (χ0n) is 7.86. The van der Waals surface area contributed by atoms with Crippen LogP contribution in [0.1, 0.15) is 6.92 Å². The summed E-state index contributed by atoms with van der Waals surface area (Å²) in [5.41, 5.74) is 16.5. The molecule has 0 aromatic carbocycles. The Morgan fingerprint density at radius 1 is 1.21 bits per heavy atom. The number of anilines is 3. The van der Waals surface area contributed by atoms with E-state index in [1.54, 1.807) is 0 Å². The molecule has 1 heterocycles. The van der Waals surface area contributed by atoms with Crippen LogP contribution < -0.4 is 21.9 Å². The molecule has 0 saturated heterocycles. The molecule has 0 saturated carbocycles. The van der Waals surface area contributed by atoms with Crippen molar-refractivity contribution in [3.05, 3.63) is 0 Å². The van der Waals surface area contributed by atoms with E-state index in [-0.39, 0.29) is 30.1 Å². The number of nitrogens with zero attached hydrogens (tertiary/aromatic N) is 2. The van der Waals surface area contributed by atoms with Crippen LogP contribution in [0.5, 0.6) is 5.88 Å². The lowest BCUT2D eigenvalue weighted by molar-refractivity contribution is 0.0202. The molecule has 1 aromatic rings. The summed E-state index contributed by atoms with van der Waals surface area (Å²) in [6, 6.07) is 0. The Bertz CT molecular complexity index is 317. The molecule has 14 heavy (non-hydrogen) atoms. The van der Waals surface area contributed by atoms with E-state index in [0.29, 0.717) is 6.61 Å². The minimum atomic E-state index is 0.0169. The largest absolute Gasteiger partial charge is 0.449 e. The van der Waals surface area contributed by atoms with Gasteiger partial charge in [-0.2, -0.15) is 9.97 Å². The summed E-state index contributed by atoms with van der Waals surface area (Å²) in [5, 5.41) is 0. The van der Waals surface area contributed by atoms with Gasteiger partial charge < -0.3 is 26.7 Å². The van der Waals surface area contributed by atoms with E-state index in [2.05, 4.69) is 9.97 Å². The normalized spacial score (nSPS) is 10.1. The lowest BCUT2D eigenvalue weighted by Gasteiger charge is -2.08. The van der Waals surface area contributed by atoms with E-state index in [0.717, 1.165) is 0 Å². The molecule has 0 atom stereocenters. The third-order valence-electron chi connectivity index (χ3n) is 1.44. The van der Waals surface area contributed by atoms with Crippen LogP contribution in [0.4, 0.5) is 17.5 Å². The van der Waals surface area contributed by atoms with Crippen LogP contribution in [0.2, 0.25) is 0 Å². The first-order valence-electron chi connectivity index (χ1n) is 4.04. The number of ether oxygens (including phenoxy) is 2. The fourth-order valence-corrected chi connectivity index (χ4v) is 0.773. The minimum absolute atomic E-state index is 0.0169. The average Bonchev–Trinajstić information content (AvgIpc) is 2.13. The van der Waals surface area contributed by atoms with Gasteiger partial charge in [-0.25, -0.2) is 0 Å². The Balaban J connectivity index is 2.75. The predicted molar refractivity (Wildman–Crippen MR) is 52.4 cm³/mol. The third kappa shape index (κ3) is 2.36. The lowest BCUT2D eigenvalue weighted by Crippen LogP contribution is -2.10. The molecule has 0 unspecified atom stereocenters. The molecular weight excluding hydrogens is 186 g/mol. The van der Waals surface area contributed by atoms with Gasteiger partial charge in [-0.15, -0.1) is 0 Å². The van der Waals surface area contributed by atoms with Crippen molar-refractivity contribution in [2.24, 2.45) is 0 Å². The lowest BCUT2D eigenvalue weighted by atomic mass is 10.5. The van der Waals surface area contributed by atoms with Gasteiger partial charge in [0.05, 0.1) is 0 Å². The molecule has 7 nitrogen and oxygen atoms in total. The number of hydrogen-bond acceptors (Lipinski definition) is 7. The second-order valence-corrected chi connectivity index (χ2v) is 2.44. The Labute approximate surface area is 81.2 Å². The summed E-state index contributed by atoms with van der Waals surface area (Å²) < 4.78 is 10.0. The molecule has 0 aliphatic rings. The number of rotatable bonds is 4. The number of aromatic nitrogens is 2. The van der Waals surface area contributed by atoms with Gasteiger partial charge in [0.1, 0.15) is 5.69 Å². The van der Waals surface area contributed by atoms with E-state index in [4.69, 9.17) is 26.7 Å². The highest BCUT2D eigenvalue weighted by molar-refractivity contribution is 5.65. The monoisotopic (exact) mass is 199 g/mol. The van der Waals surface area contributed by atoms with E-state index in [9.17, 15) is 0 Å². The molecule has 0 spiro atoms. The zero-order valence-corrected chi connectivity index (χ0v) is 7.86. The summed E-state index contributed by atoms with van der Waals surface area (Å²) in [6.45, 7) is 2.43. The molecule has 0 aliphatic carbocycles. The van der Waals surface area contributed by atoms with Crippen molar-refractivity contribution < 1.29 is 9.47 Å². The molecule has 7 heteroatoms. The number of nitrogens with two attached hydrogens (primary N) is 3. The van der Waals surface area contributed by atoms with Crippen molar-refractivity contribution in [2.75, 3.05) is 30.6 Å². The van der Waals surface area contributed by atoms with Gasteiger partial charge in [-0.1, -0.05) is 0 Å². The highest BCUT2D eigenvalue weighted by Gasteiger charge is 2.08. The van der Waals surface area contributed by atoms with Gasteiger partial charge in [-0.3, -0.25) is 0 Å². The quantitative estimate of drug-likeness (QED) is 0.445. The van der Waals surface area contributed by atoms with Gasteiger partial charge >= 0.3 is 0 Å². The topological polar surface area (TPSA) is 122 Å². The Morgan fingerprint density at radius 2 is 1.93 bits per heavy atom. The Kier molecular flexibility index (Phi) is 3.29. The van der Waals surface area contributed by atoms with Gasteiger partial charge in [0.2, 0.25) is 11.8 Å². The van der Waals surface area contributed by atoms with Crippen LogP contribution in [-0.2, 0) is 4.74 Å². The minimum Gasteiger partial charge on any atom is -0.449 e. The van der Waals surface area contributed by atoms with Crippen LogP contribution >= 0.6 is 0 Å². The van der Waals surface area contributed by atoms with Crippen LogP contribution in [0.15, 0.2) is 0 Å². The van der Waals surface area contributed by atoms with Crippen molar-refractivity contribution in [3.8, 4) is 5.88 Å². The van der Waals surface area contributed by atoms with Crippen molar-refractivity contribution in [1.29, 1.82) is 0 Å². The van der Waals surface area contributed by atoms with E-state index in [1.165, 1.54) is 0 Å². The molecule has 0 amide bonds. The first kappa shape index (κ1) is 10.3. The van der Waals surface area contributed by atoms with Gasteiger partial charge in [-0.05, 0) is 6.92 Å². The van der Waals surface area contributed by atoms with Crippen LogP contribution in [0.25, 0.3) is 0 Å². The van der Waals surface area contributed by atoms with E-state index in [1.807, 2.05) is 6.92 Å². The van der Waals surface area contributed by atoms with Gasteiger partial charge in [0.15, 0.2) is 12.6 Å². The molecule has 6 N–H and O–H groups in total. The Hall–Kier alpha value is -1.76. The standard InChI is InChI=1S/C7H13N5O2/c1-2-13-3-14-6-4(8)5(9)11-7(10)12-6/h2-3,8H2,1H3,(H4,9,10,11,12). The summed E-state index contributed by atoms with van der Waals surface area (Å²) in [7, 11) is 0. The smallest absolute Gasteiger partial charge is 0.246 e. The first-order chi connectivity index (χ1) is 6.65. The molecule has 0 radical (unpaired) electrons. The zero-order chi connectivity index (χ0) is 10.6. The van der Waals surface area contributed by atoms with E-state index < -0.39 is 0 Å². The molecule has 78 valence electrons. The molecule has 0 bridgehead atoms.